The van der Waals surface area contributed by atoms with Crippen LogP contribution in [0.25, 0.3) is 88.8 Å². The van der Waals surface area contributed by atoms with Crippen LogP contribution in [-0.2, 0) is 5.41 Å². The van der Waals surface area contributed by atoms with Gasteiger partial charge < -0.3 is 0 Å². The summed E-state index contributed by atoms with van der Waals surface area (Å²) in [7, 11) is 0. The van der Waals surface area contributed by atoms with Crippen molar-refractivity contribution in [2.24, 2.45) is 0 Å². The number of rotatable bonds is 5. The highest BCUT2D eigenvalue weighted by Crippen LogP contribution is 2.53. The summed E-state index contributed by atoms with van der Waals surface area (Å²) in [5.74, 6) is 0.708. The molecule has 0 saturated carbocycles. The third-order valence-corrected chi connectivity index (χ3v) is 11.1. The van der Waals surface area contributed by atoms with Crippen molar-refractivity contribution in [1.29, 1.82) is 0 Å². The molecule has 53 heavy (non-hydrogen) atoms. The number of fused-ring (bicyclic) bond motifs is 5. The zero-order chi connectivity index (χ0) is 35.5. The first kappa shape index (κ1) is 31.1. The molecule has 0 N–H and O–H groups in total. The molecular weight excluding hydrogens is 641 g/mol. The van der Waals surface area contributed by atoms with Gasteiger partial charge in [0.05, 0.1) is 11.4 Å². The average molecular weight is 677 g/mol. The van der Waals surface area contributed by atoms with Crippen molar-refractivity contribution in [3.63, 3.8) is 0 Å². The molecule has 8 aromatic carbocycles. The second-order valence-corrected chi connectivity index (χ2v) is 14.5. The third kappa shape index (κ3) is 5.02. The van der Waals surface area contributed by atoms with Crippen molar-refractivity contribution in [1.82, 2.24) is 9.97 Å². The Kier molecular flexibility index (Phi) is 7.19. The van der Waals surface area contributed by atoms with Crippen LogP contribution in [-0.4, -0.2) is 9.97 Å². The maximum Gasteiger partial charge on any atom is 0.160 e. The van der Waals surface area contributed by atoms with E-state index in [9.17, 15) is 0 Å². The van der Waals surface area contributed by atoms with E-state index >= 15 is 0 Å². The number of hydrogen-bond donors (Lipinski definition) is 0. The van der Waals surface area contributed by atoms with Gasteiger partial charge in [0, 0.05) is 22.1 Å². The van der Waals surface area contributed by atoms with Crippen LogP contribution in [0.5, 0.6) is 0 Å². The van der Waals surface area contributed by atoms with Crippen molar-refractivity contribution >= 4 is 21.5 Å². The molecule has 0 fully saturated rings. The van der Waals surface area contributed by atoms with Crippen LogP contribution in [0.1, 0.15) is 25.0 Å². The predicted molar refractivity (Wildman–Crippen MR) is 222 cm³/mol. The average Bonchev–Trinajstić information content (AvgIpc) is 3.46. The number of hydrogen-bond acceptors (Lipinski definition) is 2. The standard InChI is InChI=1S/C51H36N2/c1-51(2)46-29-13-12-24-41(46)45-28-15-27-44(49(45)51)40-30-31-43(39-23-9-8-21-37(39)40)48-32-47(52-50(53-48)34-17-4-3-5-18-34)42-25-11-10-22-38(42)36-26-14-19-33-16-6-7-20-35(33)36/h3-32H,1-2H3. The van der Waals surface area contributed by atoms with E-state index < -0.39 is 0 Å². The fourth-order valence-corrected chi connectivity index (χ4v) is 8.67. The van der Waals surface area contributed by atoms with E-state index in [-0.39, 0.29) is 5.41 Å². The van der Waals surface area contributed by atoms with Crippen LogP contribution in [0.3, 0.4) is 0 Å². The molecule has 9 aromatic rings. The van der Waals surface area contributed by atoms with Crippen LogP contribution in [0, 0.1) is 0 Å². The van der Waals surface area contributed by atoms with Crippen LogP contribution in [0.2, 0.25) is 0 Å². The minimum Gasteiger partial charge on any atom is -0.228 e. The van der Waals surface area contributed by atoms with Crippen molar-refractivity contribution in [2.75, 3.05) is 0 Å². The molecule has 0 aliphatic heterocycles. The lowest BCUT2D eigenvalue weighted by Crippen LogP contribution is -2.16. The van der Waals surface area contributed by atoms with Gasteiger partial charge in [-0.05, 0) is 72.1 Å². The Labute approximate surface area is 310 Å². The molecule has 1 aliphatic carbocycles. The Balaban J connectivity index is 1.19. The Morgan fingerprint density at radius 1 is 0.358 bits per heavy atom. The number of aromatic nitrogens is 2. The van der Waals surface area contributed by atoms with Crippen LogP contribution in [0.4, 0.5) is 0 Å². The first-order valence-corrected chi connectivity index (χ1v) is 18.3. The molecule has 0 saturated heterocycles. The van der Waals surface area contributed by atoms with Crippen LogP contribution >= 0.6 is 0 Å². The monoisotopic (exact) mass is 676 g/mol. The molecular formula is C51H36N2. The molecule has 1 aromatic heterocycles. The molecule has 0 radical (unpaired) electrons. The van der Waals surface area contributed by atoms with Gasteiger partial charge in [-0.15, -0.1) is 0 Å². The minimum atomic E-state index is -0.119. The van der Waals surface area contributed by atoms with E-state index in [2.05, 4.69) is 190 Å². The first-order valence-electron chi connectivity index (χ1n) is 18.3. The summed E-state index contributed by atoms with van der Waals surface area (Å²) in [6.45, 7) is 4.72. The topological polar surface area (TPSA) is 25.8 Å². The molecule has 2 heteroatoms. The van der Waals surface area contributed by atoms with Gasteiger partial charge in [0.25, 0.3) is 0 Å². The SMILES string of the molecule is CC1(C)c2ccccc2-c2cccc(-c3ccc(-c4cc(-c5ccccc5-c5cccc6ccccc56)nc(-c5ccccc5)n4)c4ccccc34)c21. The Hall–Kier alpha value is -6.64. The van der Waals surface area contributed by atoms with Gasteiger partial charge in [-0.25, -0.2) is 9.97 Å². The summed E-state index contributed by atoms with van der Waals surface area (Å²) < 4.78 is 0. The van der Waals surface area contributed by atoms with Gasteiger partial charge in [-0.3, -0.25) is 0 Å². The summed E-state index contributed by atoms with van der Waals surface area (Å²) in [5.41, 5.74) is 15.1. The predicted octanol–water partition coefficient (Wildman–Crippen LogP) is 13.4. The lowest BCUT2D eigenvalue weighted by molar-refractivity contribution is 0.662. The summed E-state index contributed by atoms with van der Waals surface area (Å²) in [6.07, 6.45) is 0. The van der Waals surface area contributed by atoms with Gasteiger partial charge in [0.15, 0.2) is 5.82 Å². The van der Waals surface area contributed by atoms with E-state index in [0.29, 0.717) is 5.82 Å². The van der Waals surface area contributed by atoms with E-state index in [1.165, 1.54) is 60.5 Å². The lowest BCUT2D eigenvalue weighted by atomic mass is 9.78. The molecule has 0 bridgehead atoms. The van der Waals surface area contributed by atoms with Crippen molar-refractivity contribution in [2.45, 2.75) is 19.3 Å². The largest absolute Gasteiger partial charge is 0.228 e. The fraction of sp³-hybridized carbons (Fsp3) is 0.0588. The summed E-state index contributed by atoms with van der Waals surface area (Å²) in [4.78, 5) is 10.6. The van der Waals surface area contributed by atoms with Crippen LogP contribution < -0.4 is 0 Å². The van der Waals surface area contributed by atoms with E-state index in [4.69, 9.17) is 9.97 Å². The van der Waals surface area contributed by atoms with Crippen molar-refractivity contribution in [3.8, 4) is 67.3 Å². The zero-order valence-corrected chi connectivity index (χ0v) is 29.7. The molecule has 0 spiro atoms. The quantitative estimate of drug-likeness (QED) is 0.181. The summed E-state index contributed by atoms with van der Waals surface area (Å²) in [5, 5.41) is 4.82. The smallest absolute Gasteiger partial charge is 0.160 e. The van der Waals surface area contributed by atoms with Crippen molar-refractivity contribution in [3.05, 3.63) is 193 Å². The first-order chi connectivity index (χ1) is 26.1. The van der Waals surface area contributed by atoms with Gasteiger partial charge in [0.1, 0.15) is 0 Å². The maximum absolute atomic E-state index is 5.30. The normalized spacial score (nSPS) is 12.9. The highest BCUT2D eigenvalue weighted by Gasteiger charge is 2.37. The summed E-state index contributed by atoms with van der Waals surface area (Å²) in [6, 6.07) is 65.3. The fourth-order valence-electron chi connectivity index (χ4n) is 8.67. The van der Waals surface area contributed by atoms with Crippen LogP contribution in [0.15, 0.2) is 182 Å². The molecule has 2 nitrogen and oxygen atoms in total. The maximum atomic E-state index is 5.30. The van der Waals surface area contributed by atoms with Gasteiger partial charge in [-0.2, -0.15) is 0 Å². The number of nitrogens with zero attached hydrogens (tertiary/aromatic N) is 2. The molecule has 0 unspecified atom stereocenters. The minimum absolute atomic E-state index is 0.119. The molecule has 1 aliphatic rings. The lowest BCUT2D eigenvalue weighted by Gasteiger charge is -2.25. The van der Waals surface area contributed by atoms with Gasteiger partial charge in [0.2, 0.25) is 0 Å². The second-order valence-electron chi connectivity index (χ2n) is 14.5. The van der Waals surface area contributed by atoms with E-state index in [1.54, 1.807) is 0 Å². The van der Waals surface area contributed by atoms with Gasteiger partial charge in [-0.1, -0.05) is 190 Å². The Morgan fingerprint density at radius 2 is 0.849 bits per heavy atom. The zero-order valence-electron chi connectivity index (χ0n) is 29.7. The molecule has 0 amide bonds. The third-order valence-electron chi connectivity index (χ3n) is 11.1. The highest BCUT2D eigenvalue weighted by molar-refractivity contribution is 6.07. The summed E-state index contributed by atoms with van der Waals surface area (Å²) >= 11 is 0. The molecule has 250 valence electrons. The Bertz CT molecular complexity index is 2860. The van der Waals surface area contributed by atoms with Crippen molar-refractivity contribution < 1.29 is 0 Å². The Morgan fingerprint density at radius 3 is 1.64 bits per heavy atom. The number of benzene rings is 8. The molecule has 1 heterocycles. The molecule has 10 rings (SSSR count). The molecule has 0 atom stereocenters. The van der Waals surface area contributed by atoms with E-state index in [1.807, 2.05) is 6.07 Å². The van der Waals surface area contributed by atoms with E-state index in [0.717, 1.165) is 33.6 Å². The second kappa shape index (κ2) is 12.3. The van der Waals surface area contributed by atoms with Gasteiger partial charge >= 0.3 is 0 Å². The highest BCUT2D eigenvalue weighted by atomic mass is 14.9.